The molecule has 0 amide bonds. The molecule has 0 bridgehead atoms. The molecular weight excluding hydrogens is 299 g/mol. The first kappa shape index (κ1) is 18.2. The van der Waals surface area contributed by atoms with Crippen molar-refractivity contribution in [2.45, 2.75) is 38.7 Å². The molecule has 0 radical (unpaired) electrons. The van der Waals surface area contributed by atoms with Crippen molar-refractivity contribution in [1.29, 1.82) is 0 Å². The normalized spacial score (nSPS) is 13.2. The lowest BCUT2D eigenvalue weighted by Crippen LogP contribution is -2.19. The Morgan fingerprint density at radius 3 is 2.62 bits per heavy atom. The first-order valence-corrected chi connectivity index (χ1v) is 7.99. The summed E-state index contributed by atoms with van der Waals surface area (Å²) in [6.07, 6.45) is 1.07. The van der Waals surface area contributed by atoms with Crippen molar-refractivity contribution < 1.29 is 17.9 Å². The molecule has 1 N–H and O–H groups in total. The lowest BCUT2D eigenvalue weighted by Gasteiger charge is -2.16. The molecule has 0 saturated carbocycles. The van der Waals surface area contributed by atoms with Crippen molar-refractivity contribution >= 4 is 11.8 Å². The van der Waals surface area contributed by atoms with Gasteiger partial charge in [0.1, 0.15) is 5.75 Å². The minimum absolute atomic E-state index is 0.0496. The Kier molecular flexibility index (Phi) is 7.39. The van der Waals surface area contributed by atoms with E-state index in [0.717, 1.165) is 24.1 Å². The quantitative estimate of drug-likeness (QED) is 0.702. The molecule has 0 aliphatic heterocycles. The third-order valence-corrected chi connectivity index (χ3v) is 3.70. The molecule has 1 aromatic rings. The van der Waals surface area contributed by atoms with Crippen LogP contribution in [0.15, 0.2) is 18.2 Å². The van der Waals surface area contributed by atoms with Gasteiger partial charge in [-0.15, -0.1) is 0 Å². The number of nitrogens with one attached hydrogen (secondary N) is 1. The van der Waals surface area contributed by atoms with Crippen LogP contribution in [0, 0.1) is 6.92 Å². The molecule has 0 saturated heterocycles. The molecule has 0 aliphatic rings. The van der Waals surface area contributed by atoms with Crippen molar-refractivity contribution in [2.75, 3.05) is 18.9 Å². The minimum Gasteiger partial charge on any atom is -0.492 e. The van der Waals surface area contributed by atoms with E-state index in [2.05, 4.69) is 19.2 Å². The first-order chi connectivity index (χ1) is 9.83. The van der Waals surface area contributed by atoms with E-state index in [0.29, 0.717) is 5.75 Å². The summed E-state index contributed by atoms with van der Waals surface area (Å²) >= 11 is -0.0592. The fraction of sp³-hybridized carbons (Fsp3) is 0.600. The summed E-state index contributed by atoms with van der Waals surface area (Å²) in [7, 11) is 0. The number of alkyl halides is 3. The molecule has 0 aromatic heterocycles. The average Bonchev–Trinajstić information content (AvgIpc) is 2.41. The van der Waals surface area contributed by atoms with Crippen molar-refractivity contribution in [1.82, 2.24) is 5.32 Å². The van der Waals surface area contributed by atoms with E-state index < -0.39 is 5.51 Å². The van der Waals surface area contributed by atoms with Crippen LogP contribution in [0.4, 0.5) is 13.2 Å². The maximum Gasteiger partial charge on any atom is 0.441 e. The molecule has 120 valence electrons. The van der Waals surface area contributed by atoms with Gasteiger partial charge in [0.15, 0.2) is 0 Å². The van der Waals surface area contributed by atoms with Gasteiger partial charge in [0.2, 0.25) is 0 Å². The Morgan fingerprint density at radius 1 is 1.33 bits per heavy atom. The molecule has 0 aliphatic carbocycles. The number of halogens is 3. The van der Waals surface area contributed by atoms with Gasteiger partial charge in [-0.25, -0.2) is 0 Å². The Morgan fingerprint density at radius 2 is 2.05 bits per heavy atom. The average molecular weight is 321 g/mol. The van der Waals surface area contributed by atoms with Crippen LogP contribution in [-0.2, 0) is 0 Å². The van der Waals surface area contributed by atoms with Crippen LogP contribution in [0.3, 0.4) is 0 Å². The standard InChI is InChI=1S/C15H22F3NOS/c1-4-7-19-12(3)13-5-6-14(11(2)10-13)20-8-9-21-15(16,17)18/h5-6,10,12,19H,4,7-9H2,1-3H3. The van der Waals surface area contributed by atoms with Crippen LogP contribution in [-0.4, -0.2) is 24.4 Å². The van der Waals surface area contributed by atoms with E-state index >= 15 is 0 Å². The number of ether oxygens (including phenoxy) is 1. The lowest BCUT2D eigenvalue weighted by molar-refractivity contribution is -0.0329. The van der Waals surface area contributed by atoms with E-state index in [1.165, 1.54) is 0 Å². The van der Waals surface area contributed by atoms with Crippen molar-refractivity contribution in [3.05, 3.63) is 29.3 Å². The molecule has 0 spiro atoms. The Labute approximate surface area is 128 Å². The molecule has 0 fully saturated rings. The van der Waals surface area contributed by atoms with Crippen LogP contribution < -0.4 is 10.1 Å². The summed E-state index contributed by atoms with van der Waals surface area (Å²) in [6, 6.07) is 6.04. The van der Waals surface area contributed by atoms with Gasteiger partial charge in [-0.2, -0.15) is 13.2 Å². The third-order valence-electron chi connectivity index (χ3n) is 3.01. The van der Waals surface area contributed by atoms with Gasteiger partial charge >= 0.3 is 5.51 Å². The largest absolute Gasteiger partial charge is 0.492 e. The predicted octanol–water partition coefficient (Wildman–Crippen LogP) is 4.69. The molecular formula is C15H22F3NOS. The van der Waals surface area contributed by atoms with E-state index in [-0.39, 0.29) is 30.2 Å². The van der Waals surface area contributed by atoms with Gasteiger partial charge in [0, 0.05) is 11.8 Å². The highest BCUT2D eigenvalue weighted by Gasteiger charge is 2.27. The van der Waals surface area contributed by atoms with E-state index in [1.54, 1.807) is 0 Å². The van der Waals surface area contributed by atoms with Gasteiger partial charge < -0.3 is 10.1 Å². The SMILES string of the molecule is CCCNC(C)c1ccc(OCCSC(F)(F)F)c(C)c1. The molecule has 1 rings (SSSR count). The molecule has 1 aromatic carbocycles. The zero-order chi connectivity index (χ0) is 15.9. The second kappa shape index (κ2) is 8.54. The van der Waals surface area contributed by atoms with Crippen LogP contribution >= 0.6 is 11.8 Å². The van der Waals surface area contributed by atoms with Crippen molar-refractivity contribution in [3.63, 3.8) is 0 Å². The fourth-order valence-electron chi connectivity index (χ4n) is 1.89. The molecule has 0 heterocycles. The number of rotatable bonds is 8. The molecule has 2 nitrogen and oxygen atoms in total. The summed E-state index contributed by atoms with van der Waals surface area (Å²) in [6.45, 7) is 7.11. The second-order valence-corrected chi connectivity index (χ2v) is 6.00. The molecule has 1 atom stereocenters. The van der Waals surface area contributed by atoms with Gasteiger partial charge in [-0.1, -0.05) is 19.1 Å². The second-order valence-electron chi connectivity index (χ2n) is 4.84. The number of hydrogen-bond donors (Lipinski definition) is 1. The highest BCUT2D eigenvalue weighted by atomic mass is 32.2. The van der Waals surface area contributed by atoms with Crippen LogP contribution in [0.25, 0.3) is 0 Å². The number of benzene rings is 1. The summed E-state index contributed by atoms with van der Waals surface area (Å²) in [5, 5.41) is 3.40. The Hall–Kier alpha value is -0.880. The van der Waals surface area contributed by atoms with Gasteiger partial charge in [0.05, 0.1) is 6.61 Å². The highest BCUT2D eigenvalue weighted by Crippen LogP contribution is 2.30. The van der Waals surface area contributed by atoms with Crippen molar-refractivity contribution in [2.24, 2.45) is 0 Å². The lowest BCUT2D eigenvalue weighted by atomic mass is 10.0. The minimum atomic E-state index is -4.19. The van der Waals surface area contributed by atoms with E-state index in [4.69, 9.17) is 4.74 Å². The molecule has 6 heteroatoms. The third kappa shape index (κ3) is 7.09. The fourth-order valence-corrected chi connectivity index (χ4v) is 2.29. The predicted molar refractivity (Wildman–Crippen MR) is 81.9 cm³/mol. The maximum absolute atomic E-state index is 12.0. The summed E-state index contributed by atoms with van der Waals surface area (Å²) in [4.78, 5) is 0. The summed E-state index contributed by atoms with van der Waals surface area (Å²) < 4.78 is 41.4. The van der Waals surface area contributed by atoms with Gasteiger partial charge in [-0.05, 0) is 55.8 Å². The van der Waals surface area contributed by atoms with Crippen LogP contribution in [0.2, 0.25) is 0 Å². The monoisotopic (exact) mass is 321 g/mol. The Balaban J connectivity index is 2.50. The molecule has 21 heavy (non-hydrogen) atoms. The Bertz CT molecular complexity index is 437. The van der Waals surface area contributed by atoms with E-state index in [9.17, 15) is 13.2 Å². The number of aryl methyl sites for hydroxylation is 1. The maximum atomic E-state index is 12.0. The molecule has 1 unspecified atom stereocenters. The highest BCUT2D eigenvalue weighted by molar-refractivity contribution is 8.00. The zero-order valence-electron chi connectivity index (χ0n) is 12.6. The summed E-state index contributed by atoms with van der Waals surface area (Å²) in [5.74, 6) is 0.545. The van der Waals surface area contributed by atoms with Gasteiger partial charge in [0.25, 0.3) is 0 Å². The summed E-state index contributed by atoms with van der Waals surface area (Å²) in [5.41, 5.74) is -2.10. The zero-order valence-corrected chi connectivity index (χ0v) is 13.4. The first-order valence-electron chi connectivity index (χ1n) is 7.01. The number of thioether (sulfide) groups is 1. The van der Waals surface area contributed by atoms with Crippen LogP contribution in [0.1, 0.15) is 37.4 Å². The smallest absolute Gasteiger partial charge is 0.441 e. The van der Waals surface area contributed by atoms with Crippen molar-refractivity contribution in [3.8, 4) is 5.75 Å². The topological polar surface area (TPSA) is 21.3 Å². The van der Waals surface area contributed by atoms with Crippen LogP contribution in [0.5, 0.6) is 5.75 Å². The van der Waals surface area contributed by atoms with E-state index in [1.807, 2.05) is 25.1 Å². The van der Waals surface area contributed by atoms with Gasteiger partial charge in [-0.3, -0.25) is 0 Å². The number of hydrogen-bond acceptors (Lipinski definition) is 3.